The largest absolute Gasteiger partial charge is 0.493 e. The molecule has 1 aliphatic heterocycles. The van der Waals surface area contributed by atoms with Gasteiger partial charge >= 0.3 is 0 Å². The first-order chi connectivity index (χ1) is 12.9. The quantitative estimate of drug-likeness (QED) is 0.754. The standard InChI is InChI=1S/C20H24FNO4S/c1-25-19-8-7-18(14-20(19)26-2)27(23,24)22-11-9-16(10-12-22)13-15-3-5-17(21)6-4-15/h3-8,14,16H,9-13H2,1-2H3. The van der Waals surface area contributed by atoms with E-state index in [0.717, 1.165) is 24.8 Å². The van der Waals surface area contributed by atoms with Gasteiger partial charge in [-0.15, -0.1) is 0 Å². The molecule has 27 heavy (non-hydrogen) atoms. The Kier molecular flexibility index (Phi) is 6.01. The first kappa shape index (κ1) is 19.6. The molecule has 0 atom stereocenters. The van der Waals surface area contributed by atoms with Crippen LogP contribution in [0.25, 0.3) is 0 Å². The monoisotopic (exact) mass is 393 g/mol. The summed E-state index contributed by atoms with van der Waals surface area (Å²) in [6.07, 6.45) is 2.40. The zero-order valence-electron chi connectivity index (χ0n) is 15.5. The summed E-state index contributed by atoms with van der Waals surface area (Å²) in [5.41, 5.74) is 1.08. The number of halogens is 1. The van der Waals surface area contributed by atoms with Gasteiger partial charge in [0.2, 0.25) is 10.0 Å². The van der Waals surface area contributed by atoms with Crippen LogP contribution in [0.1, 0.15) is 18.4 Å². The third-order valence-electron chi connectivity index (χ3n) is 5.00. The molecule has 2 aromatic carbocycles. The van der Waals surface area contributed by atoms with E-state index < -0.39 is 10.0 Å². The lowest BCUT2D eigenvalue weighted by Crippen LogP contribution is -2.38. The molecule has 7 heteroatoms. The minimum Gasteiger partial charge on any atom is -0.493 e. The van der Waals surface area contributed by atoms with E-state index in [9.17, 15) is 12.8 Å². The molecule has 1 aliphatic rings. The topological polar surface area (TPSA) is 55.8 Å². The van der Waals surface area contributed by atoms with Crippen LogP contribution in [-0.2, 0) is 16.4 Å². The zero-order valence-corrected chi connectivity index (χ0v) is 16.3. The molecule has 0 spiro atoms. The number of rotatable bonds is 6. The SMILES string of the molecule is COc1ccc(S(=O)(=O)N2CCC(Cc3ccc(F)cc3)CC2)cc1OC. The van der Waals surface area contributed by atoms with Crippen LogP contribution in [0, 0.1) is 11.7 Å². The van der Waals surface area contributed by atoms with Gasteiger partial charge in [-0.25, -0.2) is 12.8 Å². The summed E-state index contributed by atoms with van der Waals surface area (Å²) in [7, 11) is -0.580. The predicted octanol–water partition coefficient (Wildman–Crippen LogP) is 3.49. The third kappa shape index (κ3) is 4.42. The fourth-order valence-electron chi connectivity index (χ4n) is 3.43. The summed E-state index contributed by atoms with van der Waals surface area (Å²) in [5, 5.41) is 0. The second-order valence-electron chi connectivity index (χ2n) is 6.69. The number of benzene rings is 2. The van der Waals surface area contributed by atoms with E-state index in [1.54, 1.807) is 24.3 Å². The van der Waals surface area contributed by atoms with Gasteiger partial charge in [-0.3, -0.25) is 0 Å². The number of methoxy groups -OCH3 is 2. The molecule has 1 fully saturated rings. The van der Waals surface area contributed by atoms with Gasteiger partial charge in [-0.05, 0) is 55.0 Å². The van der Waals surface area contributed by atoms with E-state index >= 15 is 0 Å². The van der Waals surface area contributed by atoms with E-state index in [2.05, 4.69) is 0 Å². The Morgan fingerprint density at radius 3 is 2.22 bits per heavy atom. The van der Waals surface area contributed by atoms with Crippen LogP contribution in [0.5, 0.6) is 11.5 Å². The van der Waals surface area contributed by atoms with Gasteiger partial charge in [0.25, 0.3) is 0 Å². The molecule has 0 aromatic heterocycles. The Bertz CT molecular complexity index is 875. The van der Waals surface area contributed by atoms with E-state index in [4.69, 9.17) is 9.47 Å². The van der Waals surface area contributed by atoms with Crippen molar-refractivity contribution in [3.8, 4) is 11.5 Å². The predicted molar refractivity (Wildman–Crippen MR) is 101 cm³/mol. The van der Waals surface area contributed by atoms with Crippen molar-refractivity contribution in [1.82, 2.24) is 4.31 Å². The molecule has 0 bridgehead atoms. The van der Waals surface area contributed by atoms with E-state index in [1.165, 1.54) is 36.7 Å². The van der Waals surface area contributed by atoms with Crippen LogP contribution in [-0.4, -0.2) is 40.0 Å². The van der Waals surface area contributed by atoms with Crippen molar-refractivity contribution in [2.45, 2.75) is 24.2 Å². The molecule has 0 N–H and O–H groups in total. The lowest BCUT2D eigenvalue weighted by molar-refractivity contribution is 0.272. The van der Waals surface area contributed by atoms with Crippen LogP contribution >= 0.6 is 0 Å². The van der Waals surface area contributed by atoms with Crippen molar-refractivity contribution in [1.29, 1.82) is 0 Å². The first-order valence-corrected chi connectivity index (χ1v) is 10.3. The lowest BCUT2D eigenvalue weighted by Gasteiger charge is -2.31. The summed E-state index contributed by atoms with van der Waals surface area (Å²) in [6.45, 7) is 0.949. The Labute approximate surface area is 159 Å². The zero-order chi connectivity index (χ0) is 19.4. The van der Waals surface area contributed by atoms with Crippen LogP contribution in [0.15, 0.2) is 47.4 Å². The number of sulfonamides is 1. The molecular weight excluding hydrogens is 369 g/mol. The number of nitrogens with zero attached hydrogens (tertiary/aromatic N) is 1. The summed E-state index contributed by atoms with van der Waals surface area (Å²) in [6, 6.07) is 11.2. The van der Waals surface area contributed by atoms with Crippen molar-refractivity contribution in [2.75, 3.05) is 27.3 Å². The molecule has 1 heterocycles. The van der Waals surface area contributed by atoms with Gasteiger partial charge in [0.1, 0.15) is 5.82 Å². The van der Waals surface area contributed by atoms with Crippen molar-refractivity contribution in [3.05, 3.63) is 53.8 Å². The van der Waals surface area contributed by atoms with Gasteiger partial charge < -0.3 is 9.47 Å². The summed E-state index contributed by atoms with van der Waals surface area (Å²) in [5.74, 6) is 1.04. The first-order valence-electron chi connectivity index (χ1n) is 8.90. The van der Waals surface area contributed by atoms with Gasteiger partial charge in [-0.2, -0.15) is 4.31 Å². The highest BCUT2D eigenvalue weighted by molar-refractivity contribution is 7.89. The Balaban J connectivity index is 1.66. The molecule has 0 amide bonds. The van der Waals surface area contributed by atoms with Crippen molar-refractivity contribution in [3.63, 3.8) is 0 Å². The second-order valence-corrected chi connectivity index (χ2v) is 8.63. The second kappa shape index (κ2) is 8.27. The van der Waals surface area contributed by atoms with Gasteiger partial charge in [-0.1, -0.05) is 12.1 Å². The normalized spacial score (nSPS) is 16.3. The third-order valence-corrected chi connectivity index (χ3v) is 6.90. The van der Waals surface area contributed by atoms with Crippen LogP contribution in [0.2, 0.25) is 0 Å². The van der Waals surface area contributed by atoms with E-state index in [-0.39, 0.29) is 10.7 Å². The number of ether oxygens (including phenoxy) is 2. The molecule has 146 valence electrons. The smallest absolute Gasteiger partial charge is 0.243 e. The highest BCUT2D eigenvalue weighted by Gasteiger charge is 2.30. The van der Waals surface area contributed by atoms with Crippen molar-refractivity contribution >= 4 is 10.0 Å². The summed E-state index contributed by atoms with van der Waals surface area (Å²) >= 11 is 0. The fourth-order valence-corrected chi connectivity index (χ4v) is 4.92. The molecule has 1 saturated heterocycles. The maximum atomic E-state index is 13.0. The average molecular weight is 393 g/mol. The van der Waals surface area contributed by atoms with E-state index in [1.807, 2.05) is 0 Å². The molecule has 0 unspecified atom stereocenters. The van der Waals surface area contributed by atoms with Crippen LogP contribution in [0.4, 0.5) is 4.39 Å². The molecule has 0 aliphatic carbocycles. The van der Waals surface area contributed by atoms with Crippen LogP contribution < -0.4 is 9.47 Å². The molecule has 2 aromatic rings. The van der Waals surface area contributed by atoms with Crippen LogP contribution in [0.3, 0.4) is 0 Å². The Morgan fingerprint density at radius 2 is 1.63 bits per heavy atom. The highest BCUT2D eigenvalue weighted by Crippen LogP contribution is 2.32. The highest BCUT2D eigenvalue weighted by atomic mass is 32.2. The molecule has 5 nitrogen and oxygen atoms in total. The Morgan fingerprint density at radius 1 is 1.00 bits per heavy atom. The Hall–Kier alpha value is -2.12. The fraction of sp³-hybridized carbons (Fsp3) is 0.400. The minimum atomic E-state index is -3.57. The number of hydrogen-bond acceptors (Lipinski definition) is 4. The number of piperidine rings is 1. The molecule has 0 saturated carbocycles. The molecule has 3 rings (SSSR count). The molecular formula is C20H24FNO4S. The summed E-state index contributed by atoms with van der Waals surface area (Å²) < 4.78 is 50.8. The van der Waals surface area contributed by atoms with Gasteiger partial charge in [0.15, 0.2) is 11.5 Å². The van der Waals surface area contributed by atoms with Crippen molar-refractivity contribution < 1.29 is 22.3 Å². The molecule has 0 radical (unpaired) electrons. The number of hydrogen-bond donors (Lipinski definition) is 0. The lowest BCUT2D eigenvalue weighted by atomic mass is 9.91. The summed E-state index contributed by atoms with van der Waals surface area (Å²) in [4.78, 5) is 0.206. The maximum Gasteiger partial charge on any atom is 0.243 e. The maximum absolute atomic E-state index is 13.0. The van der Waals surface area contributed by atoms with Gasteiger partial charge in [0, 0.05) is 19.2 Å². The van der Waals surface area contributed by atoms with E-state index in [0.29, 0.717) is 30.5 Å². The average Bonchev–Trinajstić information content (AvgIpc) is 2.69. The van der Waals surface area contributed by atoms with Gasteiger partial charge in [0.05, 0.1) is 19.1 Å². The van der Waals surface area contributed by atoms with Crippen molar-refractivity contribution in [2.24, 2.45) is 5.92 Å². The minimum absolute atomic E-state index is 0.206.